The second kappa shape index (κ2) is 4.93. The Kier molecular flexibility index (Phi) is 3.24. The molecule has 0 radical (unpaired) electrons. The van der Waals surface area contributed by atoms with Gasteiger partial charge in [0, 0.05) is 5.56 Å². The molecule has 1 N–H and O–H groups in total. The van der Waals surface area contributed by atoms with Gasteiger partial charge in [0.15, 0.2) is 0 Å². The molecule has 2 aromatic carbocycles. The van der Waals surface area contributed by atoms with Gasteiger partial charge in [-0.15, -0.1) is 0 Å². The van der Waals surface area contributed by atoms with Crippen molar-refractivity contribution in [2.45, 2.75) is 6.92 Å². The van der Waals surface area contributed by atoms with E-state index in [4.69, 9.17) is 23.2 Å². The first-order valence-corrected chi connectivity index (χ1v) is 6.77. The van der Waals surface area contributed by atoms with Gasteiger partial charge in [-0.2, -0.15) is 0 Å². The molecule has 20 heavy (non-hydrogen) atoms. The summed E-state index contributed by atoms with van der Waals surface area (Å²) < 4.78 is 0. The molecule has 0 bridgehead atoms. The molecule has 0 atom stereocenters. The van der Waals surface area contributed by atoms with Crippen LogP contribution in [0.5, 0.6) is 0 Å². The van der Waals surface area contributed by atoms with E-state index in [1.54, 1.807) is 19.1 Å². The normalized spacial score (nSPS) is 10.9. The van der Waals surface area contributed by atoms with E-state index in [9.17, 15) is 4.79 Å². The van der Waals surface area contributed by atoms with Crippen molar-refractivity contribution in [3.63, 3.8) is 0 Å². The topological polar surface area (TPSA) is 45.8 Å². The van der Waals surface area contributed by atoms with Crippen LogP contribution >= 0.6 is 23.2 Å². The zero-order chi connectivity index (χ0) is 14.3. The van der Waals surface area contributed by atoms with E-state index in [1.165, 1.54) is 0 Å². The Labute approximate surface area is 125 Å². The third kappa shape index (κ3) is 2.19. The van der Waals surface area contributed by atoms with Crippen molar-refractivity contribution in [1.29, 1.82) is 0 Å². The molecule has 3 rings (SSSR count). The predicted molar refractivity (Wildman–Crippen MR) is 82.6 cm³/mol. The summed E-state index contributed by atoms with van der Waals surface area (Å²) in [5.41, 5.74) is 2.19. The zero-order valence-electron chi connectivity index (χ0n) is 10.6. The quantitative estimate of drug-likeness (QED) is 0.732. The van der Waals surface area contributed by atoms with E-state index in [2.05, 4.69) is 9.97 Å². The smallest absolute Gasteiger partial charge is 0.258 e. The minimum absolute atomic E-state index is 0.142. The van der Waals surface area contributed by atoms with E-state index in [-0.39, 0.29) is 5.56 Å². The molecule has 0 fully saturated rings. The molecule has 5 heteroatoms. The monoisotopic (exact) mass is 304 g/mol. The van der Waals surface area contributed by atoms with Crippen LogP contribution in [0, 0.1) is 6.92 Å². The molecule has 1 aromatic heterocycles. The number of nitrogens with zero attached hydrogens (tertiary/aromatic N) is 1. The van der Waals surface area contributed by atoms with Crippen LogP contribution in [0.3, 0.4) is 0 Å². The average molecular weight is 305 g/mol. The molecular weight excluding hydrogens is 295 g/mol. The average Bonchev–Trinajstić information content (AvgIpc) is 2.41. The molecule has 0 aliphatic heterocycles. The summed E-state index contributed by atoms with van der Waals surface area (Å²) in [6.45, 7) is 1.75. The fraction of sp³-hybridized carbons (Fsp3) is 0.0667. The van der Waals surface area contributed by atoms with Crippen LogP contribution in [0.4, 0.5) is 0 Å². The van der Waals surface area contributed by atoms with Crippen LogP contribution in [0.1, 0.15) is 5.82 Å². The highest BCUT2D eigenvalue weighted by Crippen LogP contribution is 2.34. The summed E-state index contributed by atoms with van der Waals surface area (Å²) in [6, 6.07) is 10.9. The molecule has 0 spiro atoms. The lowest BCUT2D eigenvalue weighted by atomic mass is 10.0. The van der Waals surface area contributed by atoms with Gasteiger partial charge in [-0.3, -0.25) is 4.79 Å². The highest BCUT2D eigenvalue weighted by atomic mass is 35.5. The Bertz CT molecular complexity index is 871. The van der Waals surface area contributed by atoms with Crippen molar-refractivity contribution in [2.75, 3.05) is 0 Å². The maximum atomic E-state index is 11.8. The first-order chi connectivity index (χ1) is 9.56. The Morgan fingerprint density at radius 1 is 1.15 bits per heavy atom. The van der Waals surface area contributed by atoms with Crippen LogP contribution in [0.25, 0.3) is 22.0 Å². The lowest BCUT2D eigenvalue weighted by Gasteiger charge is -2.07. The number of hydrogen-bond acceptors (Lipinski definition) is 2. The second-order valence-corrected chi connectivity index (χ2v) is 5.27. The number of aromatic amines is 1. The molecule has 0 amide bonds. The number of H-pyrrole nitrogens is 1. The number of aryl methyl sites for hydroxylation is 1. The number of aromatic nitrogens is 2. The maximum absolute atomic E-state index is 11.8. The van der Waals surface area contributed by atoms with Crippen molar-refractivity contribution in [3.05, 3.63) is 62.6 Å². The molecule has 3 aromatic rings. The molecule has 100 valence electrons. The number of halogens is 2. The highest BCUT2D eigenvalue weighted by Gasteiger charge is 2.09. The highest BCUT2D eigenvalue weighted by molar-refractivity contribution is 6.43. The minimum Gasteiger partial charge on any atom is -0.310 e. The summed E-state index contributed by atoms with van der Waals surface area (Å²) >= 11 is 12.3. The SMILES string of the molecule is Cc1nc2cc(-c3cccc(Cl)c3Cl)ccc2c(=O)[nH]1. The first kappa shape index (κ1) is 13.2. The minimum atomic E-state index is -0.142. The summed E-state index contributed by atoms with van der Waals surface area (Å²) in [4.78, 5) is 18.8. The Hall–Kier alpha value is -1.84. The molecule has 0 aliphatic rings. The Balaban J connectivity index is 2.28. The van der Waals surface area contributed by atoms with Crippen molar-refractivity contribution >= 4 is 34.1 Å². The van der Waals surface area contributed by atoms with Crippen LogP contribution in [-0.2, 0) is 0 Å². The van der Waals surface area contributed by atoms with E-state index in [1.807, 2.05) is 24.3 Å². The summed E-state index contributed by atoms with van der Waals surface area (Å²) in [7, 11) is 0. The molecule has 0 saturated heterocycles. The number of hydrogen-bond donors (Lipinski definition) is 1. The van der Waals surface area contributed by atoms with Crippen LogP contribution in [0.15, 0.2) is 41.2 Å². The lowest BCUT2D eigenvalue weighted by Crippen LogP contribution is -2.09. The predicted octanol–water partition coefficient (Wildman–Crippen LogP) is 4.21. The van der Waals surface area contributed by atoms with Gasteiger partial charge in [0.25, 0.3) is 5.56 Å². The molecule has 0 unspecified atom stereocenters. The van der Waals surface area contributed by atoms with Crippen molar-refractivity contribution < 1.29 is 0 Å². The van der Waals surface area contributed by atoms with Crippen LogP contribution in [0.2, 0.25) is 10.0 Å². The van der Waals surface area contributed by atoms with Gasteiger partial charge in [-0.05, 0) is 30.7 Å². The number of nitrogens with one attached hydrogen (secondary N) is 1. The zero-order valence-corrected chi connectivity index (χ0v) is 12.1. The molecule has 1 heterocycles. The third-order valence-electron chi connectivity index (χ3n) is 3.09. The number of benzene rings is 2. The van der Waals surface area contributed by atoms with Crippen LogP contribution in [-0.4, -0.2) is 9.97 Å². The van der Waals surface area contributed by atoms with E-state index in [0.717, 1.165) is 11.1 Å². The van der Waals surface area contributed by atoms with Crippen LogP contribution < -0.4 is 5.56 Å². The lowest BCUT2D eigenvalue weighted by molar-refractivity contribution is 1.06. The van der Waals surface area contributed by atoms with Crippen molar-refractivity contribution in [3.8, 4) is 11.1 Å². The molecule has 3 nitrogen and oxygen atoms in total. The maximum Gasteiger partial charge on any atom is 0.258 e. The standard InChI is InChI=1S/C15H10Cl2N2O/c1-8-18-13-7-9(5-6-11(13)15(20)19-8)10-3-2-4-12(16)14(10)17/h2-7H,1H3,(H,18,19,20). The number of fused-ring (bicyclic) bond motifs is 1. The van der Waals surface area contributed by atoms with Gasteiger partial charge in [-0.25, -0.2) is 4.98 Å². The van der Waals surface area contributed by atoms with E-state index in [0.29, 0.717) is 26.8 Å². The van der Waals surface area contributed by atoms with Gasteiger partial charge < -0.3 is 4.98 Å². The fourth-order valence-electron chi connectivity index (χ4n) is 2.15. The summed E-state index contributed by atoms with van der Waals surface area (Å²) in [5.74, 6) is 0.580. The second-order valence-electron chi connectivity index (χ2n) is 4.48. The van der Waals surface area contributed by atoms with Gasteiger partial charge in [0.1, 0.15) is 5.82 Å². The Morgan fingerprint density at radius 2 is 1.95 bits per heavy atom. The summed E-state index contributed by atoms with van der Waals surface area (Å²) in [5, 5.41) is 1.55. The molecular formula is C15H10Cl2N2O. The van der Waals surface area contributed by atoms with Crippen molar-refractivity contribution in [1.82, 2.24) is 9.97 Å². The number of rotatable bonds is 1. The fourth-order valence-corrected chi connectivity index (χ4v) is 2.56. The molecule has 0 saturated carbocycles. The first-order valence-electron chi connectivity index (χ1n) is 6.01. The largest absolute Gasteiger partial charge is 0.310 e. The van der Waals surface area contributed by atoms with E-state index < -0.39 is 0 Å². The third-order valence-corrected chi connectivity index (χ3v) is 3.91. The van der Waals surface area contributed by atoms with Gasteiger partial charge in [0.05, 0.1) is 20.9 Å². The van der Waals surface area contributed by atoms with Gasteiger partial charge in [0.2, 0.25) is 0 Å². The molecule has 0 aliphatic carbocycles. The van der Waals surface area contributed by atoms with E-state index >= 15 is 0 Å². The van der Waals surface area contributed by atoms with Gasteiger partial charge >= 0.3 is 0 Å². The Morgan fingerprint density at radius 3 is 2.75 bits per heavy atom. The van der Waals surface area contributed by atoms with Crippen molar-refractivity contribution in [2.24, 2.45) is 0 Å². The van der Waals surface area contributed by atoms with Gasteiger partial charge in [-0.1, -0.05) is 41.4 Å². The summed E-state index contributed by atoms with van der Waals surface area (Å²) in [6.07, 6.45) is 0.